The quantitative estimate of drug-likeness (QED) is 0.813. The molecule has 0 radical (unpaired) electrons. The lowest BCUT2D eigenvalue weighted by molar-refractivity contribution is 0.0515. The smallest absolute Gasteiger partial charge is 0.408 e. The minimum Gasteiger partial charge on any atom is -0.487 e. The predicted molar refractivity (Wildman–Crippen MR) is 93.9 cm³/mol. The molecule has 0 aromatic heterocycles. The van der Waals surface area contributed by atoms with Crippen LogP contribution in [-0.2, 0) is 4.74 Å². The predicted octanol–water partition coefficient (Wildman–Crippen LogP) is 3.10. The van der Waals surface area contributed by atoms with Crippen LogP contribution in [0.1, 0.15) is 46.6 Å². The lowest BCUT2D eigenvalue weighted by atomic mass is 10.1. The summed E-state index contributed by atoms with van der Waals surface area (Å²) in [7, 11) is 0. The summed E-state index contributed by atoms with van der Waals surface area (Å²) in [5.74, 6) is 6.67. The molecule has 2 N–H and O–H groups in total. The fourth-order valence-electron chi connectivity index (χ4n) is 1.78. The second kappa shape index (κ2) is 9.19. The zero-order valence-corrected chi connectivity index (χ0v) is 15.1. The number of hydrogen-bond acceptors (Lipinski definition) is 4. The molecule has 2 atom stereocenters. The van der Waals surface area contributed by atoms with Gasteiger partial charge in [0.1, 0.15) is 17.5 Å². The highest BCUT2D eigenvalue weighted by Crippen LogP contribution is 2.18. The van der Waals surface area contributed by atoms with Gasteiger partial charge in [-0.3, -0.25) is 0 Å². The molecule has 24 heavy (non-hydrogen) atoms. The number of aliphatic hydroxyl groups excluding tert-OH is 1. The maximum Gasteiger partial charge on any atom is 0.408 e. The van der Waals surface area contributed by atoms with E-state index in [0.717, 1.165) is 0 Å². The molecule has 5 heteroatoms. The Labute approximate surface area is 144 Å². The van der Waals surface area contributed by atoms with Gasteiger partial charge in [0.05, 0.1) is 18.2 Å². The van der Waals surface area contributed by atoms with Gasteiger partial charge in [-0.15, -0.1) is 0 Å². The third kappa shape index (κ3) is 7.38. The van der Waals surface area contributed by atoms with Crippen molar-refractivity contribution in [3.05, 3.63) is 29.8 Å². The summed E-state index contributed by atoms with van der Waals surface area (Å²) in [5, 5.41) is 11.9. The third-order valence-corrected chi connectivity index (χ3v) is 2.95. The van der Waals surface area contributed by atoms with Crippen LogP contribution in [0, 0.1) is 11.8 Å². The van der Waals surface area contributed by atoms with E-state index in [1.165, 1.54) is 0 Å². The molecule has 0 heterocycles. The topological polar surface area (TPSA) is 67.8 Å². The van der Waals surface area contributed by atoms with E-state index in [2.05, 4.69) is 17.2 Å². The molecular formula is C19H27NO4. The molecule has 5 nitrogen and oxygen atoms in total. The van der Waals surface area contributed by atoms with Gasteiger partial charge in [-0.25, -0.2) is 4.79 Å². The Balaban J connectivity index is 2.82. The summed E-state index contributed by atoms with van der Waals surface area (Å²) < 4.78 is 10.9. The minimum absolute atomic E-state index is 0.0699. The van der Waals surface area contributed by atoms with Gasteiger partial charge in [-0.2, -0.15) is 0 Å². The molecule has 0 bridgehead atoms. The number of carbonyl (C=O) groups is 1. The zero-order valence-electron chi connectivity index (χ0n) is 15.1. The van der Waals surface area contributed by atoms with Crippen LogP contribution in [0.2, 0.25) is 0 Å². The molecule has 0 saturated heterocycles. The first kappa shape index (κ1) is 19.9. The molecule has 1 aromatic rings. The summed E-state index contributed by atoms with van der Waals surface area (Å²) in [4.78, 5) is 11.8. The van der Waals surface area contributed by atoms with Gasteiger partial charge in [-0.05, 0) is 46.2 Å². The molecule has 0 spiro atoms. The second-order valence-electron chi connectivity index (χ2n) is 6.48. The van der Waals surface area contributed by atoms with Crippen molar-refractivity contribution in [3.8, 4) is 17.6 Å². The van der Waals surface area contributed by atoms with Crippen LogP contribution in [-0.4, -0.2) is 35.6 Å². The molecular weight excluding hydrogens is 306 g/mol. The molecule has 0 saturated carbocycles. The molecule has 0 aliphatic carbocycles. The summed E-state index contributed by atoms with van der Waals surface area (Å²) in [6.45, 7) is 9.09. The number of ether oxygens (including phenoxy) is 2. The van der Waals surface area contributed by atoms with Crippen LogP contribution in [0.15, 0.2) is 24.3 Å². The van der Waals surface area contributed by atoms with Crippen molar-refractivity contribution in [1.82, 2.24) is 5.32 Å². The van der Waals surface area contributed by atoms with E-state index in [9.17, 15) is 4.79 Å². The van der Waals surface area contributed by atoms with Crippen molar-refractivity contribution in [2.45, 2.75) is 58.8 Å². The molecule has 0 fully saturated rings. The van der Waals surface area contributed by atoms with Gasteiger partial charge in [0.25, 0.3) is 0 Å². The summed E-state index contributed by atoms with van der Waals surface area (Å²) in [5.41, 5.74) is 0.165. The molecule has 0 unspecified atom stereocenters. The fraction of sp³-hybridized carbons (Fsp3) is 0.526. The van der Waals surface area contributed by atoms with Crippen molar-refractivity contribution in [1.29, 1.82) is 0 Å². The Morgan fingerprint density at radius 1 is 1.33 bits per heavy atom. The van der Waals surface area contributed by atoms with Crippen molar-refractivity contribution in [2.24, 2.45) is 0 Å². The van der Waals surface area contributed by atoms with Gasteiger partial charge in [0, 0.05) is 0 Å². The standard InChI is InChI=1S/C19H27NO4/c1-6-16(20-18(22)24-19(3,4)5)12-11-15-9-7-8-10-17(15)23-14(2)13-21/h7-10,14,16,21H,6,13H2,1-5H3,(H,20,22)/t14-,16-/m1/s1. The van der Waals surface area contributed by atoms with Crippen LogP contribution in [0.5, 0.6) is 5.75 Å². The monoisotopic (exact) mass is 333 g/mol. The Hall–Kier alpha value is -2.19. The number of rotatable bonds is 5. The largest absolute Gasteiger partial charge is 0.487 e. The fourth-order valence-corrected chi connectivity index (χ4v) is 1.78. The Kier molecular flexibility index (Phi) is 7.60. The van der Waals surface area contributed by atoms with Crippen molar-refractivity contribution >= 4 is 6.09 Å². The van der Waals surface area contributed by atoms with Crippen LogP contribution >= 0.6 is 0 Å². The van der Waals surface area contributed by atoms with Crippen molar-refractivity contribution in [3.63, 3.8) is 0 Å². The highest BCUT2D eigenvalue weighted by Gasteiger charge is 2.17. The number of carbonyl (C=O) groups excluding carboxylic acids is 1. The van der Waals surface area contributed by atoms with Crippen LogP contribution < -0.4 is 10.1 Å². The van der Waals surface area contributed by atoms with E-state index in [1.54, 1.807) is 13.0 Å². The number of aliphatic hydroxyl groups is 1. The van der Waals surface area contributed by atoms with Gasteiger partial charge in [-0.1, -0.05) is 30.9 Å². The van der Waals surface area contributed by atoms with E-state index in [0.29, 0.717) is 17.7 Å². The first-order valence-electron chi connectivity index (χ1n) is 8.12. The highest BCUT2D eigenvalue weighted by atomic mass is 16.6. The van der Waals surface area contributed by atoms with E-state index >= 15 is 0 Å². The Bertz CT molecular complexity index is 595. The maximum absolute atomic E-state index is 11.8. The Morgan fingerprint density at radius 2 is 2.00 bits per heavy atom. The minimum atomic E-state index is -0.545. The number of nitrogens with one attached hydrogen (secondary N) is 1. The summed E-state index contributed by atoms with van der Waals surface area (Å²) in [6, 6.07) is 7.04. The third-order valence-electron chi connectivity index (χ3n) is 2.95. The molecule has 1 aromatic carbocycles. The van der Waals surface area contributed by atoms with Gasteiger partial charge < -0.3 is 19.9 Å². The summed E-state index contributed by atoms with van der Waals surface area (Å²) >= 11 is 0. The van der Waals surface area contributed by atoms with Crippen molar-refractivity contribution < 1.29 is 19.4 Å². The lowest BCUT2D eigenvalue weighted by Gasteiger charge is -2.21. The van der Waals surface area contributed by atoms with Gasteiger partial charge in [0.15, 0.2) is 0 Å². The molecule has 0 aliphatic heterocycles. The number of amides is 1. The van der Waals surface area contributed by atoms with Crippen molar-refractivity contribution in [2.75, 3.05) is 6.61 Å². The first-order valence-corrected chi connectivity index (χ1v) is 8.12. The molecule has 132 valence electrons. The van der Waals surface area contributed by atoms with Crippen LogP contribution in [0.4, 0.5) is 4.79 Å². The molecule has 1 rings (SSSR count). The SMILES string of the molecule is CC[C@H](C#Cc1ccccc1O[C@H](C)CO)NC(=O)OC(C)(C)C. The second-order valence-corrected chi connectivity index (χ2v) is 6.48. The van der Waals surface area contributed by atoms with Gasteiger partial charge in [0.2, 0.25) is 0 Å². The average molecular weight is 333 g/mol. The normalized spacial score (nSPS) is 13.2. The number of benzene rings is 1. The highest BCUT2D eigenvalue weighted by molar-refractivity contribution is 5.68. The first-order chi connectivity index (χ1) is 11.2. The van der Waals surface area contributed by atoms with Gasteiger partial charge >= 0.3 is 6.09 Å². The van der Waals surface area contributed by atoms with E-state index < -0.39 is 11.7 Å². The average Bonchev–Trinajstić information content (AvgIpc) is 2.50. The molecule has 0 aliphatic rings. The number of para-hydroxylation sites is 1. The van der Waals surface area contributed by atoms with E-state index in [4.69, 9.17) is 14.6 Å². The Morgan fingerprint density at radius 3 is 2.58 bits per heavy atom. The number of hydrogen-bond donors (Lipinski definition) is 2. The van der Waals surface area contributed by atoms with E-state index in [-0.39, 0.29) is 18.8 Å². The molecule has 1 amide bonds. The maximum atomic E-state index is 11.8. The summed E-state index contributed by atoms with van der Waals surface area (Å²) in [6.07, 6.45) is -0.139. The van der Waals surface area contributed by atoms with Crippen LogP contribution in [0.3, 0.4) is 0 Å². The zero-order chi connectivity index (χ0) is 18.2. The number of alkyl carbamates (subject to hydrolysis) is 1. The van der Waals surface area contributed by atoms with E-state index in [1.807, 2.05) is 45.9 Å². The lowest BCUT2D eigenvalue weighted by Crippen LogP contribution is -2.38. The van der Waals surface area contributed by atoms with Crippen LogP contribution in [0.25, 0.3) is 0 Å².